The van der Waals surface area contributed by atoms with E-state index in [1.807, 2.05) is 0 Å². The van der Waals surface area contributed by atoms with Gasteiger partial charge in [-0.05, 0) is 25.7 Å². The second-order valence-electron chi connectivity index (χ2n) is 4.95. The van der Waals surface area contributed by atoms with Crippen molar-refractivity contribution < 1.29 is 16.8 Å². The summed E-state index contributed by atoms with van der Waals surface area (Å²) in [5.74, 6) is 5.69. The summed E-state index contributed by atoms with van der Waals surface area (Å²) in [6, 6.07) is -0.350. The molecule has 1 aliphatic rings. The van der Waals surface area contributed by atoms with Crippen LogP contribution in [0.25, 0.3) is 0 Å². The fourth-order valence-corrected chi connectivity index (χ4v) is 5.21. The fourth-order valence-electron chi connectivity index (χ4n) is 2.37. The van der Waals surface area contributed by atoms with E-state index in [1.54, 1.807) is 0 Å². The molecule has 0 amide bonds. The Morgan fingerprint density at radius 2 is 2.06 bits per heavy atom. The monoisotopic (exact) mass is 298 g/mol. The van der Waals surface area contributed by atoms with Crippen LogP contribution in [0.15, 0.2) is 0 Å². The first-order valence-electron chi connectivity index (χ1n) is 6.12. The molecular formula is C10H22N2O4S2. The highest BCUT2D eigenvalue weighted by molar-refractivity contribution is 7.92. The highest BCUT2D eigenvalue weighted by atomic mass is 32.2. The van der Waals surface area contributed by atoms with Gasteiger partial charge in [-0.2, -0.15) is 0 Å². The molecule has 6 nitrogen and oxygen atoms in total. The van der Waals surface area contributed by atoms with E-state index in [-0.39, 0.29) is 17.5 Å². The van der Waals surface area contributed by atoms with Crippen LogP contribution in [0.3, 0.4) is 0 Å². The van der Waals surface area contributed by atoms with Gasteiger partial charge in [-0.25, -0.2) is 16.8 Å². The van der Waals surface area contributed by atoms with Crippen molar-refractivity contribution in [1.29, 1.82) is 0 Å². The van der Waals surface area contributed by atoms with E-state index in [2.05, 4.69) is 5.43 Å². The van der Waals surface area contributed by atoms with Gasteiger partial charge >= 0.3 is 0 Å². The van der Waals surface area contributed by atoms with Crippen LogP contribution in [0.4, 0.5) is 0 Å². The third kappa shape index (κ3) is 4.83. The molecule has 18 heavy (non-hydrogen) atoms. The van der Waals surface area contributed by atoms with Crippen molar-refractivity contribution in [3.8, 4) is 0 Å². The van der Waals surface area contributed by atoms with Gasteiger partial charge in [0.2, 0.25) is 0 Å². The molecule has 1 heterocycles. The molecular weight excluding hydrogens is 276 g/mol. The molecule has 0 radical (unpaired) electrons. The lowest BCUT2D eigenvalue weighted by Gasteiger charge is -2.29. The Hall–Kier alpha value is -0.180. The Balaban J connectivity index is 2.60. The quantitative estimate of drug-likeness (QED) is 0.511. The van der Waals surface area contributed by atoms with E-state index in [0.717, 1.165) is 6.42 Å². The fraction of sp³-hybridized carbons (Fsp3) is 1.00. The molecule has 0 saturated carbocycles. The summed E-state index contributed by atoms with van der Waals surface area (Å²) >= 11 is 0. The smallest absolute Gasteiger partial charge is 0.154 e. The number of hydrogen-bond acceptors (Lipinski definition) is 6. The van der Waals surface area contributed by atoms with Gasteiger partial charge in [0.05, 0.1) is 11.0 Å². The van der Waals surface area contributed by atoms with Gasteiger partial charge < -0.3 is 0 Å². The van der Waals surface area contributed by atoms with Crippen molar-refractivity contribution in [3.63, 3.8) is 0 Å². The number of hydrazine groups is 1. The van der Waals surface area contributed by atoms with E-state index in [4.69, 9.17) is 5.84 Å². The second kappa shape index (κ2) is 6.31. The van der Waals surface area contributed by atoms with Gasteiger partial charge in [0.15, 0.2) is 9.84 Å². The van der Waals surface area contributed by atoms with Crippen LogP contribution < -0.4 is 11.3 Å². The van der Waals surface area contributed by atoms with Crippen LogP contribution in [0, 0.1) is 0 Å². The average molecular weight is 298 g/mol. The Morgan fingerprint density at radius 1 is 1.39 bits per heavy atom. The minimum Gasteiger partial charge on any atom is -0.271 e. The van der Waals surface area contributed by atoms with Crippen molar-refractivity contribution in [3.05, 3.63) is 0 Å². The Labute approximate surface area is 109 Å². The zero-order valence-electron chi connectivity index (χ0n) is 10.6. The zero-order valence-corrected chi connectivity index (χ0v) is 12.3. The summed E-state index contributed by atoms with van der Waals surface area (Å²) in [6.07, 6.45) is 4.27. The number of nitrogens with two attached hydrogens (primary N) is 1. The summed E-state index contributed by atoms with van der Waals surface area (Å²) in [5.41, 5.74) is 2.54. The maximum atomic E-state index is 11.9. The molecule has 2 atom stereocenters. The van der Waals surface area contributed by atoms with Gasteiger partial charge in [0.1, 0.15) is 9.84 Å². The lowest BCUT2D eigenvalue weighted by Crippen LogP contribution is -2.49. The zero-order chi connectivity index (χ0) is 13.8. The molecule has 0 aromatic carbocycles. The van der Waals surface area contributed by atoms with Crippen LogP contribution in [-0.2, 0) is 19.7 Å². The second-order valence-corrected chi connectivity index (χ2v) is 9.55. The van der Waals surface area contributed by atoms with Crippen molar-refractivity contribution in [2.24, 2.45) is 5.84 Å². The number of rotatable bonds is 6. The van der Waals surface area contributed by atoms with E-state index >= 15 is 0 Å². The summed E-state index contributed by atoms with van der Waals surface area (Å²) in [4.78, 5) is 0. The summed E-state index contributed by atoms with van der Waals surface area (Å²) in [5, 5.41) is -0.476. The maximum absolute atomic E-state index is 11.9. The molecule has 1 saturated heterocycles. The predicted molar refractivity (Wildman–Crippen MR) is 71.5 cm³/mol. The van der Waals surface area contributed by atoms with E-state index in [1.165, 1.54) is 6.26 Å². The number of sulfone groups is 2. The third-order valence-electron chi connectivity index (χ3n) is 3.32. The van der Waals surface area contributed by atoms with Gasteiger partial charge in [0.25, 0.3) is 0 Å². The topological polar surface area (TPSA) is 106 Å². The standard InChI is InChI=1S/C10H22N2O4S2/c1-17(13,14)7-4-5-9(12-11)10-6-2-3-8-18(10,15)16/h9-10,12H,2-8,11H2,1H3. The van der Waals surface area contributed by atoms with Gasteiger partial charge in [0, 0.05) is 18.1 Å². The van der Waals surface area contributed by atoms with E-state index in [9.17, 15) is 16.8 Å². The van der Waals surface area contributed by atoms with Crippen LogP contribution in [-0.4, -0.2) is 45.9 Å². The maximum Gasteiger partial charge on any atom is 0.154 e. The first-order valence-corrected chi connectivity index (χ1v) is 9.89. The van der Waals surface area contributed by atoms with Crippen LogP contribution >= 0.6 is 0 Å². The van der Waals surface area contributed by atoms with Crippen LogP contribution in [0.1, 0.15) is 32.1 Å². The highest BCUT2D eigenvalue weighted by Crippen LogP contribution is 2.24. The average Bonchev–Trinajstić information content (AvgIpc) is 2.23. The summed E-state index contributed by atoms with van der Waals surface area (Å²) in [7, 11) is -6.10. The van der Waals surface area contributed by atoms with Gasteiger partial charge in [-0.1, -0.05) is 6.42 Å². The van der Waals surface area contributed by atoms with E-state index < -0.39 is 24.9 Å². The molecule has 3 N–H and O–H groups in total. The molecule has 1 fully saturated rings. The van der Waals surface area contributed by atoms with E-state index in [0.29, 0.717) is 25.7 Å². The molecule has 0 aromatic heterocycles. The minimum absolute atomic E-state index is 0.0674. The Morgan fingerprint density at radius 3 is 2.56 bits per heavy atom. The molecule has 1 aliphatic heterocycles. The first-order chi connectivity index (χ1) is 8.26. The first kappa shape index (κ1) is 15.9. The lowest BCUT2D eigenvalue weighted by atomic mass is 10.0. The molecule has 0 aromatic rings. The number of hydrogen-bond donors (Lipinski definition) is 2. The summed E-state index contributed by atoms with van der Waals surface area (Å²) in [6.45, 7) is 0. The third-order valence-corrected chi connectivity index (χ3v) is 6.70. The predicted octanol–water partition coefficient (Wildman–Crippen LogP) is -0.390. The van der Waals surface area contributed by atoms with Crippen LogP contribution in [0.2, 0.25) is 0 Å². The van der Waals surface area contributed by atoms with Crippen molar-refractivity contribution in [2.75, 3.05) is 17.8 Å². The van der Waals surface area contributed by atoms with Gasteiger partial charge in [-0.15, -0.1) is 0 Å². The molecule has 0 spiro atoms. The highest BCUT2D eigenvalue weighted by Gasteiger charge is 2.34. The molecule has 2 unspecified atom stereocenters. The van der Waals surface area contributed by atoms with Crippen LogP contribution in [0.5, 0.6) is 0 Å². The van der Waals surface area contributed by atoms with Crippen molar-refractivity contribution in [2.45, 2.75) is 43.4 Å². The van der Waals surface area contributed by atoms with Crippen molar-refractivity contribution in [1.82, 2.24) is 5.43 Å². The number of nitrogens with one attached hydrogen (secondary N) is 1. The lowest BCUT2D eigenvalue weighted by molar-refractivity contribution is 0.420. The molecule has 0 aliphatic carbocycles. The summed E-state index contributed by atoms with van der Waals surface area (Å²) < 4.78 is 45.9. The SMILES string of the molecule is CS(=O)(=O)CCCC(NN)C1CCCCS1(=O)=O. The van der Waals surface area contributed by atoms with Gasteiger partial charge in [-0.3, -0.25) is 11.3 Å². The normalized spacial score (nSPS) is 25.8. The Bertz CT molecular complexity index is 458. The molecule has 108 valence electrons. The molecule has 8 heteroatoms. The molecule has 1 rings (SSSR count). The minimum atomic E-state index is -3.09. The van der Waals surface area contributed by atoms with Crippen molar-refractivity contribution >= 4 is 19.7 Å². The Kier molecular flexibility index (Phi) is 5.57. The molecule has 0 bridgehead atoms. The largest absolute Gasteiger partial charge is 0.271 e.